The molecule has 0 aliphatic heterocycles. The summed E-state index contributed by atoms with van der Waals surface area (Å²) in [4.78, 5) is 5.02. The smallest absolute Gasteiger partial charge is 0.141 e. The summed E-state index contributed by atoms with van der Waals surface area (Å²) in [5, 5.41) is 0. The van der Waals surface area contributed by atoms with Gasteiger partial charge in [0.25, 0.3) is 0 Å². The van der Waals surface area contributed by atoms with Gasteiger partial charge in [0.2, 0.25) is 0 Å². The summed E-state index contributed by atoms with van der Waals surface area (Å²) in [6, 6.07) is 11.9. The molecule has 2 aromatic carbocycles. The fourth-order valence-electron chi connectivity index (χ4n) is 3.93. The van der Waals surface area contributed by atoms with Gasteiger partial charge in [-0.15, -0.1) is 0 Å². The third-order valence-corrected chi connectivity index (χ3v) is 5.33. The predicted molar refractivity (Wildman–Crippen MR) is 112 cm³/mol. The molecule has 0 aliphatic rings. The van der Waals surface area contributed by atoms with Crippen molar-refractivity contribution in [1.82, 2.24) is 9.55 Å². The molecule has 0 saturated carbocycles. The second-order valence-corrected chi connectivity index (χ2v) is 6.97. The maximum Gasteiger partial charge on any atom is 0.141 e. The van der Waals surface area contributed by atoms with Crippen LogP contribution in [0.25, 0.3) is 22.6 Å². The number of aromatic nitrogens is 2. The fraction of sp³-hybridized carbons (Fsp3) is 0.375. The first kappa shape index (κ1) is 19.3. The van der Waals surface area contributed by atoms with Crippen LogP contribution >= 0.6 is 0 Å². The van der Waals surface area contributed by atoms with Gasteiger partial charge < -0.3 is 4.57 Å². The van der Waals surface area contributed by atoms with Crippen LogP contribution in [0, 0.1) is 12.7 Å². The zero-order chi connectivity index (χ0) is 19.6. The van der Waals surface area contributed by atoms with Crippen molar-refractivity contribution < 1.29 is 4.39 Å². The summed E-state index contributed by atoms with van der Waals surface area (Å²) >= 11 is 0. The Kier molecular flexibility index (Phi) is 5.79. The monoisotopic (exact) mass is 364 g/mol. The molecule has 0 fully saturated rings. The number of hydrogen-bond donors (Lipinski definition) is 0. The van der Waals surface area contributed by atoms with Crippen LogP contribution < -0.4 is 0 Å². The van der Waals surface area contributed by atoms with Gasteiger partial charge >= 0.3 is 0 Å². The first-order chi connectivity index (χ1) is 13.0. The van der Waals surface area contributed by atoms with Crippen molar-refractivity contribution in [3.63, 3.8) is 0 Å². The Hall–Kier alpha value is -2.42. The Morgan fingerprint density at radius 1 is 0.926 bits per heavy atom. The number of nitrogens with zero attached hydrogens (tertiary/aromatic N) is 2. The number of halogens is 1. The largest absolute Gasteiger partial charge is 0.328 e. The molecule has 2 nitrogen and oxygen atoms in total. The second kappa shape index (κ2) is 8.08. The minimum Gasteiger partial charge on any atom is -0.328 e. The van der Waals surface area contributed by atoms with Crippen molar-refractivity contribution in [2.75, 3.05) is 0 Å². The molecular formula is C24H29FN2. The average Bonchev–Trinajstić information content (AvgIpc) is 3.04. The molecule has 3 heteroatoms. The predicted octanol–water partition coefficient (Wildman–Crippen LogP) is 6.37. The molecule has 0 radical (unpaired) electrons. The summed E-state index contributed by atoms with van der Waals surface area (Å²) in [6.45, 7) is 11.3. The van der Waals surface area contributed by atoms with E-state index in [1.165, 1.54) is 16.7 Å². The van der Waals surface area contributed by atoms with E-state index >= 15 is 0 Å². The molecule has 0 spiro atoms. The third kappa shape index (κ3) is 3.43. The molecule has 0 unspecified atom stereocenters. The van der Waals surface area contributed by atoms with Crippen molar-refractivity contribution >= 4 is 0 Å². The highest BCUT2D eigenvalue weighted by molar-refractivity contribution is 5.72. The average molecular weight is 365 g/mol. The van der Waals surface area contributed by atoms with Crippen LogP contribution in [0.1, 0.15) is 50.1 Å². The molecule has 0 N–H and O–H groups in total. The zero-order valence-electron chi connectivity index (χ0n) is 17.1. The molecule has 142 valence electrons. The third-order valence-electron chi connectivity index (χ3n) is 5.33. The molecule has 3 rings (SSSR count). The maximum atomic E-state index is 14.7. The van der Waals surface area contributed by atoms with E-state index in [1.807, 2.05) is 19.1 Å². The number of rotatable bonds is 6. The van der Waals surface area contributed by atoms with Crippen LogP contribution in [0.5, 0.6) is 0 Å². The number of hydrogen-bond acceptors (Lipinski definition) is 1. The lowest BCUT2D eigenvalue weighted by Crippen LogP contribution is -2.05. The van der Waals surface area contributed by atoms with Crippen molar-refractivity contribution in [3.8, 4) is 22.6 Å². The summed E-state index contributed by atoms with van der Waals surface area (Å²) in [6.07, 6.45) is 2.73. The van der Waals surface area contributed by atoms with Gasteiger partial charge in [0.15, 0.2) is 0 Å². The standard InChI is InChI=1S/C24H29FN2/c1-6-17-11-10-12-18(7-2)22(17)24-26-23(21(8-3)27(24)9-4)19-14-13-16(5)15-20(19)25/h10-15H,6-9H2,1-5H3. The van der Waals surface area contributed by atoms with E-state index in [1.54, 1.807) is 6.07 Å². The van der Waals surface area contributed by atoms with Crippen molar-refractivity contribution in [2.45, 2.75) is 60.4 Å². The van der Waals surface area contributed by atoms with E-state index < -0.39 is 0 Å². The Bertz CT molecular complexity index is 931. The quantitative estimate of drug-likeness (QED) is 0.497. The van der Waals surface area contributed by atoms with Crippen LogP contribution in [0.4, 0.5) is 4.39 Å². The first-order valence-electron chi connectivity index (χ1n) is 10.0. The Balaban J connectivity index is 2.32. The van der Waals surface area contributed by atoms with Crippen molar-refractivity contribution in [1.29, 1.82) is 0 Å². The number of aryl methyl sites for hydroxylation is 3. The Morgan fingerprint density at radius 2 is 1.59 bits per heavy atom. The van der Waals surface area contributed by atoms with Gasteiger partial charge in [-0.3, -0.25) is 0 Å². The topological polar surface area (TPSA) is 17.8 Å². The molecule has 0 saturated heterocycles. The van der Waals surface area contributed by atoms with Crippen LogP contribution in [0.2, 0.25) is 0 Å². The van der Waals surface area contributed by atoms with E-state index in [0.717, 1.165) is 48.6 Å². The molecule has 0 aliphatic carbocycles. The lowest BCUT2D eigenvalue weighted by Gasteiger charge is -2.15. The van der Waals surface area contributed by atoms with Crippen LogP contribution in [0.3, 0.4) is 0 Å². The lowest BCUT2D eigenvalue weighted by molar-refractivity contribution is 0.629. The molecule has 27 heavy (non-hydrogen) atoms. The van der Waals surface area contributed by atoms with E-state index in [0.29, 0.717) is 5.56 Å². The lowest BCUT2D eigenvalue weighted by atomic mass is 9.97. The molecule has 3 aromatic rings. The first-order valence-corrected chi connectivity index (χ1v) is 10.0. The van der Waals surface area contributed by atoms with Gasteiger partial charge in [-0.2, -0.15) is 0 Å². The van der Waals surface area contributed by atoms with Gasteiger partial charge in [-0.1, -0.05) is 45.0 Å². The van der Waals surface area contributed by atoms with Gasteiger partial charge in [0.05, 0.1) is 5.69 Å². The second-order valence-electron chi connectivity index (χ2n) is 6.97. The maximum absolute atomic E-state index is 14.7. The van der Waals surface area contributed by atoms with Gasteiger partial charge in [0.1, 0.15) is 11.6 Å². The molecular weight excluding hydrogens is 335 g/mol. The summed E-state index contributed by atoms with van der Waals surface area (Å²) in [7, 11) is 0. The number of imidazole rings is 1. The Labute approximate surface area is 162 Å². The molecule has 1 heterocycles. The van der Waals surface area contributed by atoms with Crippen LogP contribution in [0.15, 0.2) is 36.4 Å². The molecule has 1 aromatic heterocycles. The highest BCUT2D eigenvalue weighted by Crippen LogP contribution is 2.35. The summed E-state index contributed by atoms with van der Waals surface area (Å²) in [5.74, 6) is 0.773. The summed E-state index contributed by atoms with van der Waals surface area (Å²) in [5.41, 5.74) is 7.22. The van der Waals surface area contributed by atoms with E-state index in [4.69, 9.17) is 4.98 Å². The highest BCUT2D eigenvalue weighted by atomic mass is 19.1. The van der Waals surface area contributed by atoms with Crippen LogP contribution in [-0.4, -0.2) is 9.55 Å². The molecule has 0 atom stereocenters. The fourth-order valence-corrected chi connectivity index (χ4v) is 3.93. The van der Waals surface area contributed by atoms with E-state index in [-0.39, 0.29) is 5.82 Å². The molecule has 0 bridgehead atoms. The van der Waals surface area contributed by atoms with E-state index in [2.05, 4.69) is 50.5 Å². The van der Waals surface area contributed by atoms with Crippen molar-refractivity contribution in [2.24, 2.45) is 0 Å². The normalized spacial score (nSPS) is 11.2. The van der Waals surface area contributed by atoms with Crippen LogP contribution in [-0.2, 0) is 25.8 Å². The zero-order valence-corrected chi connectivity index (χ0v) is 17.1. The highest BCUT2D eigenvalue weighted by Gasteiger charge is 2.22. The minimum absolute atomic E-state index is 0.198. The van der Waals surface area contributed by atoms with Crippen molar-refractivity contribution in [3.05, 3.63) is 64.6 Å². The molecule has 0 amide bonds. The van der Waals surface area contributed by atoms with Gasteiger partial charge in [-0.05, 0) is 61.9 Å². The van der Waals surface area contributed by atoms with Gasteiger partial charge in [0, 0.05) is 23.4 Å². The summed E-state index contributed by atoms with van der Waals surface area (Å²) < 4.78 is 17.0. The SMILES string of the molecule is CCc1cccc(CC)c1-c1nc(-c2ccc(C)cc2F)c(CC)n1CC. The minimum atomic E-state index is -0.198. The Morgan fingerprint density at radius 3 is 2.11 bits per heavy atom. The van der Waals surface area contributed by atoms with Gasteiger partial charge in [-0.25, -0.2) is 9.37 Å². The van der Waals surface area contributed by atoms with E-state index in [9.17, 15) is 4.39 Å². The number of benzene rings is 2.